The first kappa shape index (κ1) is 15.5. The molecule has 0 unspecified atom stereocenters. The Morgan fingerprint density at radius 3 is 2.91 bits per heavy atom. The lowest BCUT2D eigenvalue weighted by Gasteiger charge is -2.13. The van der Waals surface area contributed by atoms with Gasteiger partial charge in [0.25, 0.3) is 5.22 Å². The molecule has 2 heterocycles. The van der Waals surface area contributed by atoms with E-state index in [1.54, 1.807) is 30.5 Å². The minimum atomic E-state index is -0.466. The number of pyridine rings is 1. The van der Waals surface area contributed by atoms with Crippen LogP contribution >= 0.6 is 11.8 Å². The van der Waals surface area contributed by atoms with Crippen molar-refractivity contribution in [3.63, 3.8) is 0 Å². The van der Waals surface area contributed by atoms with Crippen molar-refractivity contribution in [2.75, 3.05) is 5.32 Å². The normalized spacial score (nSPS) is 12.3. The Balaban J connectivity index is 1.74. The Labute approximate surface area is 136 Å². The third kappa shape index (κ3) is 3.50. The highest BCUT2D eigenvalue weighted by Crippen LogP contribution is 2.28. The maximum Gasteiger partial charge on any atom is 0.259 e. The van der Waals surface area contributed by atoms with Gasteiger partial charge in [-0.15, -0.1) is 0 Å². The summed E-state index contributed by atoms with van der Waals surface area (Å²) >= 11 is 1.20. The molecule has 0 aliphatic rings. The summed E-state index contributed by atoms with van der Waals surface area (Å²) in [5.41, 5.74) is 1.23. The van der Waals surface area contributed by atoms with E-state index in [0.717, 1.165) is 0 Å². The van der Waals surface area contributed by atoms with Crippen LogP contribution in [0.4, 0.5) is 10.1 Å². The van der Waals surface area contributed by atoms with Gasteiger partial charge in [-0.25, -0.2) is 9.37 Å². The number of rotatable bonds is 5. The molecule has 3 aromatic rings. The molecule has 0 aliphatic carbocycles. The van der Waals surface area contributed by atoms with Crippen LogP contribution in [0.3, 0.4) is 0 Å². The van der Waals surface area contributed by atoms with E-state index >= 15 is 0 Å². The summed E-state index contributed by atoms with van der Waals surface area (Å²) in [5, 5.41) is 2.52. The number of halogens is 1. The molecule has 23 heavy (non-hydrogen) atoms. The molecule has 0 bridgehead atoms. The Hall–Kier alpha value is -2.41. The van der Waals surface area contributed by atoms with Crippen LogP contribution in [0.15, 0.2) is 52.2 Å². The second kappa shape index (κ2) is 6.78. The molecule has 118 valence electrons. The molecular weight excluding hydrogens is 317 g/mol. The zero-order chi connectivity index (χ0) is 16.2. The van der Waals surface area contributed by atoms with E-state index < -0.39 is 11.1 Å². The Morgan fingerprint density at radius 2 is 2.17 bits per heavy atom. The monoisotopic (exact) mass is 331 g/mol. The average molecular weight is 331 g/mol. The molecule has 0 saturated carbocycles. The van der Waals surface area contributed by atoms with Gasteiger partial charge in [-0.2, -0.15) is 4.98 Å². The third-order valence-electron chi connectivity index (χ3n) is 3.18. The van der Waals surface area contributed by atoms with Gasteiger partial charge in [0, 0.05) is 6.20 Å². The third-order valence-corrected chi connectivity index (χ3v) is 4.39. The minimum absolute atomic E-state index is 0.163. The molecule has 0 fully saturated rings. The first-order chi connectivity index (χ1) is 11.2. The van der Waals surface area contributed by atoms with Crippen molar-refractivity contribution in [3.8, 4) is 0 Å². The van der Waals surface area contributed by atoms with Gasteiger partial charge in [0.15, 0.2) is 11.2 Å². The van der Waals surface area contributed by atoms with Crippen LogP contribution in [-0.4, -0.2) is 21.1 Å². The highest BCUT2D eigenvalue weighted by Gasteiger charge is 2.22. The van der Waals surface area contributed by atoms with Gasteiger partial charge in [0.2, 0.25) is 5.91 Å². The summed E-state index contributed by atoms with van der Waals surface area (Å²) in [6.07, 6.45) is 2.18. The average Bonchev–Trinajstić information content (AvgIpc) is 2.97. The van der Waals surface area contributed by atoms with Crippen molar-refractivity contribution in [2.24, 2.45) is 0 Å². The molecule has 1 amide bonds. The van der Waals surface area contributed by atoms with Gasteiger partial charge < -0.3 is 9.73 Å². The number of hydrogen-bond donors (Lipinski definition) is 1. The Bertz CT molecular complexity index is 804. The van der Waals surface area contributed by atoms with E-state index in [1.165, 1.54) is 23.9 Å². The van der Waals surface area contributed by atoms with Crippen LogP contribution in [-0.2, 0) is 4.79 Å². The second-order valence-electron chi connectivity index (χ2n) is 4.79. The quantitative estimate of drug-likeness (QED) is 0.719. The zero-order valence-corrected chi connectivity index (χ0v) is 13.1. The summed E-state index contributed by atoms with van der Waals surface area (Å²) in [5.74, 6) is -0.760. The summed E-state index contributed by atoms with van der Waals surface area (Å²) < 4.78 is 19.2. The number of nitrogens with zero attached hydrogens (tertiary/aromatic N) is 2. The summed E-state index contributed by atoms with van der Waals surface area (Å²) in [7, 11) is 0. The second-order valence-corrected chi connectivity index (χ2v) is 5.94. The number of fused-ring (bicyclic) bond motifs is 1. The van der Waals surface area contributed by atoms with Crippen LogP contribution in [0, 0.1) is 5.82 Å². The molecule has 0 spiro atoms. The largest absolute Gasteiger partial charge is 0.430 e. The Morgan fingerprint density at radius 1 is 1.35 bits per heavy atom. The molecule has 1 atom stereocenters. The van der Waals surface area contributed by atoms with Crippen LogP contribution in [0.1, 0.15) is 13.3 Å². The minimum Gasteiger partial charge on any atom is -0.430 e. The highest BCUT2D eigenvalue weighted by molar-refractivity contribution is 8.00. The fourth-order valence-electron chi connectivity index (χ4n) is 2.02. The molecule has 0 aliphatic heterocycles. The highest BCUT2D eigenvalue weighted by atomic mass is 32.2. The SMILES string of the molecule is CC[C@H](Sc1nc2ncccc2o1)C(=O)Nc1ccccc1F. The molecule has 1 N–H and O–H groups in total. The summed E-state index contributed by atoms with van der Waals surface area (Å²) in [6, 6.07) is 9.58. The number of benzene rings is 1. The molecule has 3 rings (SSSR count). The lowest BCUT2D eigenvalue weighted by molar-refractivity contribution is -0.115. The van der Waals surface area contributed by atoms with Crippen LogP contribution < -0.4 is 5.32 Å². The Kier molecular flexibility index (Phi) is 4.57. The molecule has 1 aromatic carbocycles. The van der Waals surface area contributed by atoms with E-state index in [9.17, 15) is 9.18 Å². The van der Waals surface area contributed by atoms with E-state index in [0.29, 0.717) is 22.9 Å². The molecular formula is C16H14FN3O2S. The van der Waals surface area contributed by atoms with Crippen molar-refractivity contribution in [2.45, 2.75) is 23.8 Å². The number of thioether (sulfide) groups is 1. The van der Waals surface area contributed by atoms with Gasteiger partial charge >= 0.3 is 0 Å². The van der Waals surface area contributed by atoms with Crippen LogP contribution in [0.5, 0.6) is 0 Å². The van der Waals surface area contributed by atoms with Crippen molar-refractivity contribution in [1.82, 2.24) is 9.97 Å². The fraction of sp³-hybridized carbons (Fsp3) is 0.188. The van der Waals surface area contributed by atoms with Crippen LogP contribution in [0.25, 0.3) is 11.2 Å². The number of amides is 1. The number of carbonyl (C=O) groups excluding carboxylic acids is 1. The smallest absolute Gasteiger partial charge is 0.259 e. The van der Waals surface area contributed by atoms with Crippen molar-refractivity contribution in [3.05, 3.63) is 48.4 Å². The molecule has 0 radical (unpaired) electrons. The van der Waals surface area contributed by atoms with Crippen molar-refractivity contribution < 1.29 is 13.6 Å². The van der Waals surface area contributed by atoms with Gasteiger partial charge in [0.1, 0.15) is 5.82 Å². The van der Waals surface area contributed by atoms with E-state index in [1.807, 2.05) is 6.92 Å². The number of anilines is 1. The molecule has 2 aromatic heterocycles. The summed E-state index contributed by atoms with van der Waals surface area (Å²) in [6.45, 7) is 1.87. The lowest BCUT2D eigenvalue weighted by atomic mass is 10.2. The molecule has 5 nitrogen and oxygen atoms in total. The number of para-hydroxylation sites is 1. The standard InChI is InChI=1S/C16H14FN3O2S/c1-2-13(15(21)19-11-7-4-3-6-10(11)17)23-16-20-14-12(22-16)8-5-9-18-14/h3-9,13H,2H2,1H3,(H,19,21)/t13-/m0/s1. The van der Waals surface area contributed by atoms with Gasteiger partial charge in [-0.05, 0) is 30.7 Å². The number of hydrogen-bond acceptors (Lipinski definition) is 5. The van der Waals surface area contributed by atoms with Crippen molar-refractivity contribution in [1.29, 1.82) is 0 Å². The molecule has 0 saturated heterocycles. The van der Waals surface area contributed by atoms with Gasteiger partial charge in [-0.1, -0.05) is 30.8 Å². The van der Waals surface area contributed by atoms with E-state index in [2.05, 4.69) is 15.3 Å². The van der Waals surface area contributed by atoms with Crippen molar-refractivity contribution >= 4 is 34.6 Å². The lowest BCUT2D eigenvalue weighted by Crippen LogP contribution is -2.25. The van der Waals surface area contributed by atoms with E-state index in [-0.39, 0.29) is 11.6 Å². The van der Waals surface area contributed by atoms with Gasteiger partial charge in [-0.3, -0.25) is 4.79 Å². The summed E-state index contributed by atoms with van der Waals surface area (Å²) in [4.78, 5) is 20.7. The first-order valence-electron chi connectivity index (χ1n) is 7.11. The maximum absolute atomic E-state index is 13.6. The number of nitrogens with one attached hydrogen (secondary N) is 1. The molecule has 7 heteroatoms. The zero-order valence-electron chi connectivity index (χ0n) is 12.3. The number of oxazole rings is 1. The van der Waals surface area contributed by atoms with E-state index in [4.69, 9.17) is 4.42 Å². The fourth-order valence-corrected chi connectivity index (χ4v) is 2.87. The first-order valence-corrected chi connectivity index (χ1v) is 7.99. The number of aromatic nitrogens is 2. The van der Waals surface area contributed by atoms with Gasteiger partial charge in [0.05, 0.1) is 10.9 Å². The predicted octanol–water partition coefficient (Wildman–Crippen LogP) is 3.87. The predicted molar refractivity (Wildman–Crippen MR) is 86.8 cm³/mol. The van der Waals surface area contributed by atoms with Crippen LogP contribution in [0.2, 0.25) is 0 Å². The number of carbonyl (C=O) groups is 1. The topological polar surface area (TPSA) is 68.0 Å². The maximum atomic E-state index is 13.6.